The van der Waals surface area contributed by atoms with Crippen molar-refractivity contribution in [3.05, 3.63) is 58.3 Å². The normalized spacial score (nSPS) is 15.2. The minimum absolute atomic E-state index is 0.0534. The molecule has 1 aliphatic rings. The summed E-state index contributed by atoms with van der Waals surface area (Å²) in [6.07, 6.45) is 1.25. The van der Waals surface area contributed by atoms with E-state index in [2.05, 4.69) is 4.98 Å². The van der Waals surface area contributed by atoms with Gasteiger partial charge in [-0.05, 0) is 34.2 Å². The Kier molecular flexibility index (Phi) is 3.89. The zero-order valence-electron chi connectivity index (χ0n) is 12.2. The average Bonchev–Trinajstić information content (AvgIpc) is 2.76. The highest BCUT2D eigenvalue weighted by atomic mass is 32.2. The molecule has 1 aliphatic heterocycles. The maximum atomic E-state index is 12.3. The van der Waals surface area contributed by atoms with E-state index in [4.69, 9.17) is 4.74 Å². The van der Waals surface area contributed by atoms with Crippen LogP contribution in [-0.2, 0) is 10.0 Å². The summed E-state index contributed by atoms with van der Waals surface area (Å²) >= 11 is 0. The van der Waals surface area contributed by atoms with Crippen LogP contribution in [0.25, 0.3) is 0 Å². The Hall–Kier alpha value is -3.01. The van der Waals surface area contributed by atoms with Crippen LogP contribution in [0, 0.1) is 10.1 Å². The lowest BCUT2D eigenvalue weighted by atomic mass is 10.2. The van der Waals surface area contributed by atoms with Gasteiger partial charge in [0.05, 0.1) is 12.1 Å². The SMILES string of the molecule is O=C1c2ccccc2S(=O)(=O)N1CCOc1cccnc1[N+](=O)[O-]. The second-order valence-electron chi connectivity index (χ2n) is 4.81. The quantitative estimate of drug-likeness (QED) is 0.588. The fourth-order valence-electron chi connectivity index (χ4n) is 2.32. The lowest BCUT2D eigenvalue weighted by Crippen LogP contribution is -2.33. The number of nitrogens with zero attached hydrogens (tertiary/aromatic N) is 3. The van der Waals surface area contributed by atoms with E-state index in [-0.39, 0.29) is 29.4 Å². The molecule has 9 nitrogen and oxygen atoms in total. The smallest absolute Gasteiger partial charge is 0.406 e. The van der Waals surface area contributed by atoms with Crippen molar-refractivity contribution in [2.75, 3.05) is 13.2 Å². The van der Waals surface area contributed by atoms with Crippen molar-refractivity contribution in [2.45, 2.75) is 4.90 Å². The number of pyridine rings is 1. The van der Waals surface area contributed by atoms with Gasteiger partial charge in [-0.15, -0.1) is 0 Å². The molecule has 0 radical (unpaired) electrons. The fourth-order valence-corrected chi connectivity index (χ4v) is 3.88. The van der Waals surface area contributed by atoms with Crippen molar-refractivity contribution in [1.82, 2.24) is 9.29 Å². The van der Waals surface area contributed by atoms with Crippen molar-refractivity contribution >= 4 is 21.7 Å². The number of amides is 1. The summed E-state index contributed by atoms with van der Waals surface area (Å²) in [7, 11) is -3.92. The van der Waals surface area contributed by atoms with Gasteiger partial charge in [-0.3, -0.25) is 4.79 Å². The zero-order valence-corrected chi connectivity index (χ0v) is 13.0. The maximum absolute atomic E-state index is 12.3. The van der Waals surface area contributed by atoms with Crippen LogP contribution in [0.1, 0.15) is 10.4 Å². The van der Waals surface area contributed by atoms with Gasteiger partial charge in [0.2, 0.25) is 5.75 Å². The largest absolute Gasteiger partial charge is 0.484 e. The second-order valence-corrected chi connectivity index (χ2v) is 6.64. The highest BCUT2D eigenvalue weighted by molar-refractivity contribution is 7.90. The van der Waals surface area contributed by atoms with Gasteiger partial charge in [0.15, 0.2) is 0 Å². The third-order valence-corrected chi connectivity index (χ3v) is 5.23. The molecular weight excluding hydrogens is 338 g/mol. The van der Waals surface area contributed by atoms with Gasteiger partial charge in [-0.2, -0.15) is 0 Å². The van der Waals surface area contributed by atoms with Gasteiger partial charge in [-0.25, -0.2) is 12.7 Å². The van der Waals surface area contributed by atoms with E-state index in [0.717, 1.165) is 0 Å². The molecule has 2 aromatic rings. The standard InChI is InChI=1S/C14H11N3O6S/c18-14-10-4-1-2-6-12(10)24(21,22)16(14)8-9-23-11-5-3-7-15-13(11)17(19)20/h1-7H,8-9H2. The molecule has 0 N–H and O–H groups in total. The molecule has 0 saturated carbocycles. The van der Waals surface area contributed by atoms with Crippen LogP contribution in [0.15, 0.2) is 47.5 Å². The van der Waals surface area contributed by atoms with Gasteiger partial charge in [-0.1, -0.05) is 12.1 Å². The average molecular weight is 349 g/mol. The number of sulfonamides is 1. The molecular formula is C14H11N3O6S. The first-order valence-electron chi connectivity index (χ1n) is 6.81. The van der Waals surface area contributed by atoms with Crippen molar-refractivity contribution < 1.29 is 22.9 Å². The Balaban J connectivity index is 1.75. The van der Waals surface area contributed by atoms with Crippen LogP contribution < -0.4 is 4.74 Å². The fraction of sp³-hybridized carbons (Fsp3) is 0.143. The monoisotopic (exact) mass is 349 g/mol. The first kappa shape index (κ1) is 15.9. The summed E-state index contributed by atoms with van der Waals surface area (Å²) in [6.45, 7) is -0.493. The number of nitro groups is 1. The molecule has 0 spiro atoms. The molecule has 0 aliphatic carbocycles. The third-order valence-electron chi connectivity index (χ3n) is 3.39. The Morgan fingerprint density at radius 3 is 2.67 bits per heavy atom. The van der Waals surface area contributed by atoms with Crippen LogP contribution in [0.3, 0.4) is 0 Å². The first-order valence-corrected chi connectivity index (χ1v) is 8.25. The van der Waals surface area contributed by atoms with Gasteiger partial charge >= 0.3 is 5.82 Å². The van der Waals surface area contributed by atoms with E-state index in [0.29, 0.717) is 4.31 Å². The number of carbonyl (C=O) groups is 1. The minimum Gasteiger partial charge on any atom is -0.484 e. The predicted octanol–water partition coefficient (Wildman–Crippen LogP) is 1.21. The molecule has 0 unspecified atom stereocenters. The molecule has 2 heterocycles. The number of carbonyl (C=O) groups excluding carboxylic acids is 1. The summed E-state index contributed by atoms with van der Waals surface area (Å²) in [5.74, 6) is -1.21. The molecule has 3 rings (SSSR count). The van der Waals surface area contributed by atoms with E-state index in [1.54, 1.807) is 6.07 Å². The molecule has 1 amide bonds. The van der Waals surface area contributed by atoms with Crippen LogP contribution in [0.4, 0.5) is 5.82 Å². The lowest BCUT2D eigenvalue weighted by molar-refractivity contribution is -0.390. The summed E-state index contributed by atoms with van der Waals surface area (Å²) in [5.41, 5.74) is 0.102. The van der Waals surface area contributed by atoms with Gasteiger partial charge in [0.1, 0.15) is 17.7 Å². The first-order chi connectivity index (χ1) is 11.4. The van der Waals surface area contributed by atoms with Gasteiger partial charge in [0.25, 0.3) is 15.9 Å². The van der Waals surface area contributed by atoms with E-state index in [1.165, 1.54) is 36.5 Å². The summed E-state index contributed by atoms with van der Waals surface area (Å²) in [5, 5.41) is 10.8. The molecule has 0 fully saturated rings. The number of fused-ring (bicyclic) bond motifs is 1. The van der Waals surface area contributed by atoms with E-state index in [9.17, 15) is 23.3 Å². The molecule has 1 aromatic heterocycles. The van der Waals surface area contributed by atoms with Gasteiger partial charge in [0, 0.05) is 0 Å². The number of hydrogen-bond acceptors (Lipinski definition) is 7. The number of aromatic nitrogens is 1. The Labute approximate surface area is 136 Å². The Bertz CT molecular complexity index is 928. The number of hydrogen-bond donors (Lipinski definition) is 0. The topological polar surface area (TPSA) is 120 Å². The molecule has 10 heteroatoms. The minimum atomic E-state index is -3.92. The summed E-state index contributed by atoms with van der Waals surface area (Å²) < 4.78 is 30.6. The van der Waals surface area contributed by atoms with Gasteiger partial charge < -0.3 is 14.9 Å². The predicted molar refractivity (Wildman–Crippen MR) is 81.1 cm³/mol. The van der Waals surface area contributed by atoms with Crippen molar-refractivity contribution in [2.24, 2.45) is 0 Å². The van der Waals surface area contributed by atoms with Crippen molar-refractivity contribution in [3.8, 4) is 5.75 Å². The van der Waals surface area contributed by atoms with Crippen molar-refractivity contribution in [3.63, 3.8) is 0 Å². The lowest BCUT2D eigenvalue weighted by Gasteiger charge is -2.15. The third kappa shape index (κ3) is 2.56. The number of ether oxygens (including phenoxy) is 1. The van der Waals surface area contributed by atoms with Crippen LogP contribution in [0.2, 0.25) is 0 Å². The summed E-state index contributed by atoms with van der Waals surface area (Å²) in [6, 6.07) is 8.70. The molecule has 124 valence electrons. The molecule has 0 atom stereocenters. The number of benzene rings is 1. The Morgan fingerprint density at radius 2 is 1.96 bits per heavy atom. The number of rotatable bonds is 5. The van der Waals surface area contributed by atoms with E-state index in [1.807, 2.05) is 0 Å². The Morgan fingerprint density at radius 1 is 1.21 bits per heavy atom. The highest BCUT2D eigenvalue weighted by Crippen LogP contribution is 2.30. The molecule has 0 saturated heterocycles. The van der Waals surface area contributed by atoms with Crippen LogP contribution >= 0.6 is 0 Å². The molecule has 24 heavy (non-hydrogen) atoms. The molecule has 0 bridgehead atoms. The highest BCUT2D eigenvalue weighted by Gasteiger charge is 2.40. The molecule has 1 aromatic carbocycles. The van der Waals surface area contributed by atoms with Crippen molar-refractivity contribution in [1.29, 1.82) is 0 Å². The second kappa shape index (κ2) is 5.89. The summed E-state index contributed by atoms with van der Waals surface area (Å²) in [4.78, 5) is 25.9. The maximum Gasteiger partial charge on any atom is 0.406 e. The van der Waals surface area contributed by atoms with E-state index >= 15 is 0 Å². The zero-order chi connectivity index (χ0) is 17.3. The van der Waals surface area contributed by atoms with Crippen LogP contribution in [0.5, 0.6) is 5.75 Å². The van der Waals surface area contributed by atoms with Crippen LogP contribution in [-0.4, -0.2) is 41.7 Å². The van der Waals surface area contributed by atoms with E-state index < -0.39 is 26.7 Å².